The maximum Gasteiger partial charge on any atom is 0.319 e. The number of hydrogen-bond donors (Lipinski definition) is 4. The molecule has 0 bridgehead atoms. The van der Waals surface area contributed by atoms with Crippen LogP contribution in [0.2, 0.25) is 0 Å². The van der Waals surface area contributed by atoms with Crippen molar-refractivity contribution in [2.24, 2.45) is 5.10 Å². The van der Waals surface area contributed by atoms with Gasteiger partial charge in [0.2, 0.25) is 11.8 Å². The third kappa shape index (κ3) is 5.58. The summed E-state index contributed by atoms with van der Waals surface area (Å²) < 4.78 is 0. The molecule has 0 aromatic heterocycles. The van der Waals surface area contributed by atoms with Crippen LogP contribution in [-0.2, 0) is 9.59 Å². The highest BCUT2D eigenvalue weighted by Gasteiger charge is 2.17. The van der Waals surface area contributed by atoms with Gasteiger partial charge in [0, 0.05) is 24.6 Å². The molecule has 4 amide bonds. The standard InChI is InChI=1S/C18H25N5O3/c1-4-11(2)19-17(25)12(3)20-18(26)21-14-7-5-13(6-8-14)15-9-10-16(24)23-22-15/h5-8,11-12H,4,9-10H2,1-3H3,(H,19,25)(H,23,24)(H2,20,21,26)/t11-,12-/m0/s1. The maximum absolute atomic E-state index is 12.0. The van der Waals surface area contributed by atoms with Crippen molar-refractivity contribution in [2.75, 3.05) is 5.32 Å². The number of urea groups is 1. The van der Waals surface area contributed by atoms with Crippen molar-refractivity contribution in [1.82, 2.24) is 16.1 Å². The lowest BCUT2D eigenvalue weighted by Crippen LogP contribution is -2.48. The molecule has 140 valence electrons. The Labute approximate surface area is 152 Å². The van der Waals surface area contributed by atoms with Crippen LogP contribution < -0.4 is 21.4 Å². The minimum absolute atomic E-state index is 0.0647. The van der Waals surface area contributed by atoms with Gasteiger partial charge in [-0.3, -0.25) is 9.59 Å². The van der Waals surface area contributed by atoms with E-state index in [0.29, 0.717) is 18.5 Å². The average molecular weight is 359 g/mol. The Bertz CT molecular complexity index is 699. The molecule has 1 aliphatic heterocycles. The third-order valence-corrected chi connectivity index (χ3v) is 4.12. The normalized spacial score (nSPS) is 16.0. The van der Waals surface area contributed by atoms with Crippen LogP contribution in [0.5, 0.6) is 0 Å². The molecule has 0 spiro atoms. The molecule has 8 nitrogen and oxygen atoms in total. The minimum atomic E-state index is -0.636. The number of hydrazone groups is 1. The Balaban J connectivity index is 1.87. The first kappa shape index (κ1) is 19.4. The fourth-order valence-corrected chi connectivity index (χ4v) is 2.33. The fourth-order valence-electron chi connectivity index (χ4n) is 2.33. The van der Waals surface area contributed by atoms with Crippen LogP contribution in [-0.4, -0.2) is 35.6 Å². The van der Waals surface area contributed by atoms with E-state index in [9.17, 15) is 14.4 Å². The summed E-state index contributed by atoms with van der Waals surface area (Å²) in [5.41, 5.74) is 4.75. The first-order valence-electron chi connectivity index (χ1n) is 8.72. The molecular weight excluding hydrogens is 334 g/mol. The lowest BCUT2D eigenvalue weighted by molar-refractivity contribution is -0.123. The Morgan fingerprint density at radius 2 is 1.85 bits per heavy atom. The van der Waals surface area contributed by atoms with Gasteiger partial charge in [-0.2, -0.15) is 5.10 Å². The molecule has 0 saturated carbocycles. The first-order chi connectivity index (χ1) is 12.4. The van der Waals surface area contributed by atoms with Crippen molar-refractivity contribution in [1.29, 1.82) is 0 Å². The maximum atomic E-state index is 12.0. The first-order valence-corrected chi connectivity index (χ1v) is 8.72. The highest BCUT2D eigenvalue weighted by molar-refractivity contribution is 6.04. The number of carbonyl (C=O) groups is 3. The molecule has 1 aromatic carbocycles. The van der Waals surface area contributed by atoms with Crippen LogP contribution in [0.1, 0.15) is 45.6 Å². The molecule has 0 unspecified atom stereocenters. The van der Waals surface area contributed by atoms with Crippen molar-refractivity contribution in [3.63, 3.8) is 0 Å². The van der Waals surface area contributed by atoms with Gasteiger partial charge < -0.3 is 16.0 Å². The van der Waals surface area contributed by atoms with E-state index in [1.54, 1.807) is 19.1 Å². The second-order valence-electron chi connectivity index (χ2n) is 6.31. The molecule has 2 atom stereocenters. The van der Waals surface area contributed by atoms with Gasteiger partial charge in [0.05, 0.1) is 5.71 Å². The summed E-state index contributed by atoms with van der Waals surface area (Å²) in [4.78, 5) is 35.1. The van der Waals surface area contributed by atoms with Gasteiger partial charge in [0.25, 0.3) is 0 Å². The summed E-state index contributed by atoms with van der Waals surface area (Å²) in [7, 11) is 0. The molecule has 1 aromatic rings. The number of nitrogens with zero attached hydrogens (tertiary/aromatic N) is 1. The van der Waals surface area contributed by atoms with E-state index in [1.165, 1.54) is 0 Å². The monoisotopic (exact) mass is 359 g/mol. The van der Waals surface area contributed by atoms with Crippen molar-refractivity contribution in [3.05, 3.63) is 29.8 Å². The van der Waals surface area contributed by atoms with Gasteiger partial charge in [-0.15, -0.1) is 0 Å². The van der Waals surface area contributed by atoms with Crippen LogP contribution in [0.4, 0.5) is 10.5 Å². The lowest BCUT2D eigenvalue weighted by Gasteiger charge is -2.18. The summed E-state index contributed by atoms with van der Waals surface area (Å²) in [6.45, 7) is 5.52. The summed E-state index contributed by atoms with van der Waals surface area (Å²) in [5.74, 6) is -0.308. The number of nitrogens with one attached hydrogen (secondary N) is 4. The molecule has 8 heteroatoms. The van der Waals surface area contributed by atoms with Gasteiger partial charge in [0.1, 0.15) is 6.04 Å². The molecule has 26 heavy (non-hydrogen) atoms. The van der Waals surface area contributed by atoms with Gasteiger partial charge in [-0.1, -0.05) is 19.1 Å². The topological polar surface area (TPSA) is 112 Å². The van der Waals surface area contributed by atoms with Crippen molar-refractivity contribution in [3.8, 4) is 0 Å². The van der Waals surface area contributed by atoms with E-state index in [-0.39, 0.29) is 17.9 Å². The number of benzene rings is 1. The second-order valence-corrected chi connectivity index (χ2v) is 6.31. The van der Waals surface area contributed by atoms with Crippen molar-refractivity contribution in [2.45, 2.75) is 52.1 Å². The van der Waals surface area contributed by atoms with Crippen LogP contribution in [0.3, 0.4) is 0 Å². The predicted molar refractivity (Wildman–Crippen MR) is 99.9 cm³/mol. The quantitative estimate of drug-likeness (QED) is 0.620. The van der Waals surface area contributed by atoms with Crippen LogP contribution in [0, 0.1) is 0 Å². The molecular formula is C18H25N5O3. The Morgan fingerprint density at radius 3 is 2.42 bits per heavy atom. The lowest BCUT2D eigenvalue weighted by atomic mass is 10.0. The molecule has 0 aliphatic carbocycles. The molecule has 1 aliphatic rings. The Hall–Kier alpha value is -2.90. The molecule has 0 saturated heterocycles. The number of carbonyl (C=O) groups excluding carboxylic acids is 3. The van der Waals surface area contributed by atoms with E-state index in [2.05, 4.69) is 26.5 Å². The largest absolute Gasteiger partial charge is 0.352 e. The minimum Gasteiger partial charge on any atom is -0.352 e. The summed E-state index contributed by atoms with van der Waals surface area (Å²) in [6.07, 6.45) is 1.83. The zero-order valence-corrected chi connectivity index (χ0v) is 15.3. The molecule has 0 fully saturated rings. The number of hydrogen-bond acceptors (Lipinski definition) is 4. The van der Waals surface area contributed by atoms with E-state index in [4.69, 9.17) is 0 Å². The summed E-state index contributed by atoms with van der Waals surface area (Å²) in [5, 5.41) is 12.2. The summed E-state index contributed by atoms with van der Waals surface area (Å²) >= 11 is 0. The van der Waals surface area contributed by atoms with E-state index >= 15 is 0 Å². The number of rotatable bonds is 6. The Kier molecular flexibility index (Phi) is 6.71. The molecule has 1 heterocycles. The van der Waals surface area contributed by atoms with E-state index < -0.39 is 12.1 Å². The number of anilines is 1. The smallest absolute Gasteiger partial charge is 0.319 e. The van der Waals surface area contributed by atoms with Crippen LogP contribution >= 0.6 is 0 Å². The fraction of sp³-hybridized carbons (Fsp3) is 0.444. The van der Waals surface area contributed by atoms with Gasteiger partial charge in [-0.05, 0) is 38.0 Å². The molecule has 0 radical (unpaired) electrons. The predicted octanol–water partition coefficient (Wildman–Crippen LogP) is 1.73. The average Bonchev–Trinajstić information content (AvgIpc) is 2.62. The third-order valence-electron chi connectivity index (χ3n) is 4.12. The Morgan fingerprint density at radius 1 is 1.15 bits per heavy atom. The van der Waals surface area contributed by atoms with Crippen molar-refractivity contribution >= 4 is 29.2 Å². The van der Waals surface area contributed by atoms with Gasteiger partial charge >= 0.3 is 6.03 Å². The summed E-state index contributed by atoms with van der Waals surface area (Å²) in [6, 6.07) is 6.12. The van der Waals surface area contributed by atoms with Gasteiger partial charge in [-0.25, -0.2) is 10.2 Å². The zero-order valence-electron chi connectivity index (χ0n) is 15.3. The van der Waals surface area contributed by atoms with Crippen LogP contribution in [0.15, 0.2) is 29.4 Å². The number of amides is 4. The highest BCUT2D eigenvalue weighted by atomic mass is 16.2. The van der Waals surface area contributed by atoms with Crippen molar-refractivity contribution < 1.29 is 14.4 Å². The molecule has 2 rings (SSSR count). The van der Waals surface area contributed by atoms with Gasteiger partial charge in [0.15, 0.2) is 0 Å². The highest BCUT2D eigenvalue weighted by Crippen LogP contribution is 2.14. The van der Waals surface area contributed by atoms with E-state index in [0.717, 1.165) is 17.7 Å². The second kappa shape index (κ2) is 8.98. The molecule has 4 N–H and O–H groups in total. The van der Waals surface area contributed by atoms with E-state index in [1.807, 2.05) is 26.0 Å². The van der Waals surface area contributed by atoms with Crippen LogP contribution in [0.25, 0.3) is 0 Å². The SMILES string of the molecule is CC[C@H](C)NC(=O)[C@H](C)NC(=O)Nc1ccc(C2=NNC(=O)CC2)cc1. The zero-order chi connectivity index (χ0) is 19.1.